The van der Waals surface area contributed by atoms with Crippen molar-refractivity contribution in [2.45, 2.75) is 0 Å². The van der Waals surface area contributed by atoms with Crippen molar-refractivity contribution >= 4 is 5.78 Å². The van der Waals surface area contributed by atoms with Crippen molar-refractivity contribution in [2.24, 2.45) is 0 Å². The van der Waals surface area contributed by atoms with Gasteiger partial charge in [-0.1, -0.05) is 12.1 Å². The molecular formula is C9H10O3. The van der Waals surface area contributed by atoms with Crippen LogP contribution in [0, 0.1) is 0 Å². The lowest BCUT2D eigenvalue weighted by atomic mass is 10.2. The van der Waals surface area contributed by atoms with Gasteiger partial charge >= 0.3 is 0 Å². The average Bonchev–Trinajstić information content (AvgIpc) is 2.53. The van der Waals surface area contributed by atoms with Crippen molar-refractivity contribution in [1.29, 1.82) is 0 Å². The molecule has 0 saturated heterocycles. The second kappa shape index (κ2) is 3.88. The smallest absolute Gasteiger partial charge is 0.203 e. The van der Waals surface area contributed by atoms with Gasteiger partial charge in [-0.15, -0.1) is 0 Å². The summed E-state index contributed by atoms with van der Waals surface area (Å²) in [5.41, 5.74) is 0.711. The van der Waals surface area contributed by atoms with E-state index >= 15 is 0 Å². The molecule has 3 heteroatoms. The van der Waals surface area contributed by atoms with E-state index in [1.165, 1.54) is 0 Å². The largest absolute Gasteiger partial charge is 0.485 e. The number of fused-ring (bicyclic) bond motifs is 1. The predicted octanol–water partition coefficient (Wildman–Crippen LogP) is 0.870. The Morgan fingerprint density at radius 3 is 2.67 bits per heavy atom. The third kappa shape index (κ3) is 1.46. The fourth-order valence-corrected chi connectivity index (χ4v) is 1.04. The molecule has 1 aromatic rings. The highest BCUT2D eigenvalue weighted by Gasteiger charge is 2.18. The number of rotatable bonds is 0. The number of benzene rings is 1. The summed E-state index contributed by atoms with van der Waals surface area (Å²) < 4.78 is 5.06. The summed E-state index contributed by atoms with van der Waals surface area (Å²) in [6, 6.07) is 7.29. The first-order valence-electron chi connectivity index (χ1n) is 3.58. The molecule has 1 heterocycles. The van der Waals surface area contributed by atoms with Gasteiger partial charge in [-0.05, 0) is 12.1 Å². The van der Waals surface area contributed by atoms with Crippen molar-refractivity contribution in [3.63, 3.8) is 0 Å². The van der Waals surface area contributed by atoms with Crippen molar-refractivity contribution in [3.05, 3.63) is 29.8 Å². The molecule has 12 heavy (non-hydrogen) atoms. The molecule has 0 amide bonds. The highest BCUT2D eigenvalue weighted by atomic mass is 16.5. The molecule has 0 saturated carbocycles. The van der Waals surface area contributed by atoms with Gasteiger partial charge < -0.3 is 9.84 Å². The van der Waals surface area contributed by atoms with Gasteiger partial charge in [0.25, 0.3) is 0 Å². The predicted molar refractivity (Wildman–Crippen MR) is 44.4 cm³/mol. The molecule has 1 aliphatic heterocycles. The third-order valence-electron chi connectivity index (χ3n) is 1.55. The van der Waals surface area contributed by atoms with Gasteiger partial charge in [0, 0.05) is 7.11 Å². The zero-order valence-corrected chi connectivity index (χ0v) is 6.78. The lowest BCUT2D eigenvalue weighted by Crippen LogP contribution is -1.98. The van der Waals surface area contributed by atoms with Crippen molar-refractivity contribution in [1.82, 2.24) is 0 Å². The molecule has 1 N–H and O–H groups in total. The van der Waals surface area contributed by atoms with Crippen LogP contribution in [0.5, 0.6) is 5.75 Å². The zero-order chi connectivity index (χ0) is 8.97. The first kappa shape index (κ1) is 8.74. The van der Waals surface area contributed by atoms with Gasteiger partial charge in [-0.3, -0.25) is 4.79 Å². The molecule has 0 atom stereocenters. The van der Waals surface area contributed by atoms with Gasteiger partial charge in [0.2, 0.25) is 5.78 Å². The van der Waals surface area contributed by atoms with E-state index in [9.17, 15) is 4.79 Å². The van der Waals surface area contributed by atoms with Crippen LogP contribution in [0.2, 0.25) is 0 Å². The zero-order valence-electron chi connectivity index (χ0n) is 6.78. The molecule has 0 aliphatic carbocycles. The molecule has 0 radical (unpaired) electrons. The number of hydrogen-bond acceptors (Lipinski definition) is 3. The normalized spacial score (nSPS) is 12.7. The van der Waals surface area contributed by atoms with Gasteiger partial charge in [-0.25, -0.2) is 0 Å². The van der Waals surface area contributed by atoms with E-state index in [1.54, 1.807) is 12.1 Å². The summed E-state index contributed by atoms with van der Waals surface area (Å²) in [4.78, 5) is 10.9. The topological polar surface area (TPSA) is 46.5 Å². The molecule has 1 aromatic carbocycles. The number of hydrogen-bond donors (Lipinski definition) is 1. The summed E-state index contributed by atoms with van der Waals surface area (Å²) >= 11 is 0. The summed E-state index contributed by atoms with van der Waals surface area (Å²) in [5, 5.41) is 7.00. The maximum atomic E-state index is 10.9. The van der Waals surface area contributed by atoms with Gasteiger partial charge in [0.15, 0.2) is 6.61 Å². The van der Waals surface area contributed by atoms with Crippen LogP contribution in [0.25, 0.3) is 0 Å². The van der Waals surface area contributed by atoms with Crippen LogP contribution in [0.4, 0.5) is 0 Å². The molecule has 1 aliphatic rings. The Labute approximate surface area is 70.6 Å². The van der Waals surface area contributed by atoms with Crippen LogP contribution >= 0.6 is 0 Å². The molecule has 64 valence electrons. The van der Waals surface area contributed by atoms with Gasteiger partial charge in [0.1, 0.15) is 5.75 Å². The number of ether oxygens (including phenoxy) is 1. The lowest BCUT2D eigenvalue weighted by molar-refractivity contribution is 0.0961. The van der Waals surface area contributed by atoms with E-state index in [4.69, 9.17) is 9.84 Å². The number of carbonyl (C=O) groups is 1. The standard InChI is InChI=1S/C8H6O2.CH4O/c9-7-5-10-8-4-2-1-3-6(7)8;1-2/h1-4H,5H2;2H,1H3. The van der Waals surface area contributed by atoms with E-state index in [-0.39, 0.29) is 12.4 Å². The number of carbonyl (C=O) groups excluding carboxylic acids is 1. The van der Waals surface area contributed by atoms with Crippen LogP contribution in [0.1, 0.15) is 10.4 Å². The Hall–Kier alpha value is -1.35. The monoisotopic (exact) mass is 166 g/mol. The minimum atomic E-state index is 0.0793. The fraction of sp³-hybridized carbons (Fsp3) is 0.222. The molecule has 0 fully saturated rings. The molecule has 0 aromatic heterocycles. The summed E-state index contributed by atoms with van der Waals surface area (Å²) in [6.07, 6.45) is 0. The summed E-state index contributed by atoms with van der Waals surface area (Å²) in [6.45, 7) is 0.208. The molecule has 2 rings (SSSR count). The van der Waals surface area contributed by atoms with Crippen LogP contribution in [-0.2, 0) is 0 Å². The number of aliphatic hydroxyl groups excluding tert-OH is 1. The minimum absolute atomic E-state index is 0.0793. The Morgan fingerprint density at radius 1 is 1.33 bits per heavy atom. The van der Waals surface area contributed by atoms with E-state index < -0.39 is 0 Å². The Morgan fingerprint density at radius 2 is 2.00 bits per heavy atom. The highest BCUT2D eigenvalue weighted by Crippen LogP contribution is 2.23. The first-order valence-corrected chi connectivity index (χ1v) is 3.58. The van der Waals surface area contributed by atoms with Crippen molar-refractivity contribution in [3.8, 4) is 5.75 Å². The van der Waals surface area contributed by atoms with E-state index in [2.05, 4.69) is 0 Å². The Bertz CT molecular complexity index is 281. The van der Waals surface area contributed by atoms with E-state index in [0.717, 1.165) is 7.11 Å². The highest BCUT2D eigenvalue weighted by molar-refractivity contribution is 6.02. The maximum Gasteiger partial charge on any atom is 0.203 e. The minimum Gasteiger partial charge on any atom is -0.485 e. The summed E-state index contributed by atoms with van der Waals surface area (Å²) in [5.74, 6) is 0.795. The van der Waals surface area contributed by atoms with Crippen LogP contribution in [0.15, 0.2) is 24.3 Å². The average molecular weight is 166 g/mol. The van der Waals surface area contributed by atoms with E-state index in [0.29, 0.717) is 11.3 Å². The fourth-order valence-electron chi connectivity index (χ4n) is 1.04. The quantitative estimate of drug-likeness (QED) is 0.622. The second-order valence-electron chi connectivity index (χ2n) is 2.21. The number of Topliss-reactive ketones (excluding diaryl/α,β-unsaturated/α-hetero) is 1. The Balaban J connectivity index is 0.000000336. The third-order valence-corrected chi connectivity index (χ3v) is 1.55. The maximum absolute atomic E-state index is 10.9. The molecule has 3 nitrogen and oxygen atoms in total. The first-order chi connectivity index (χ1) is 5.88. The van der Waals surface area contributed by atoms with Crippen molar-refractivity contribution in [2.75, 3.05) is 13.7 Å². The SMILES string of the molecule is CO.O=C1COc2ccccc21. The number of para-hydroxylation sites is 1. The molecular weight excluding hydrogens is 156 g/mol. The summed E-state index contributed by atoms with van der Waals surface area (Å²) in [7, 11) is 1.00. The van der Waals surface area contributed by atoms with E-state index in [1.807, 2.05) is 12.1 Å². The number of aliphatic hydroxyl groups is 1. The Kier molecular flexibility index (Phi) is 2.82. The van der Waals surface area contributed by atoms with Crippen LogP contribution in [-0.4, -0.2) is 24.6 Å². The lowest BCUT2D eigenvalue weighted by Gasteiger charge is -1.92. The van der Waals surface area contributed by atoms with Gasteiger partial charge in [-0.2, -0.15) is 0 Å². The second-order valence-corrected chi connectivity index (χ2v) is 2.21. The number of ketones is 1. The molecule has 0 bridgehead atoms. The van der Waals surface area contributed by atoms with Gasteiger partial charge in [0.05, 0.1) is 5.56 Å². The molecule has 0 unspecified atom stereocenters. The van der Waals surface area contributed by atoms with Crippen LogP contribution in [0.3, 0.4) is 0 Å². The van der Waals surface area contributed by atoms with Crippen LogP contribution < -0.4 is 4.74 Å². The molecule has 0 spiro atoms. The van der Waals surface area contributed by atoms with Crippen molar-refractivity contribution < 1.29 is 14.6 Å².